The summed E-state index contributed by atoms with van der Waals surface area (Å²) in [4.78, 5) is 31.4. The van der Waals surface area contributed by atoms with Crippen molar-refractivity contribution in [2.75, 3.05) is 31.0 Å². The van der Waals surface area contributed by atoms with Gasteiger partial charge in [-0.15, -0.1) is 0 Å². The van der Waals surface area contributed by atoms with Gasteiger partial charge in [-0.05, 0) is 25.1 Å². The van der Waals surface area contributed by atoms with Crippen LogP contribution < -0.4 is 19.7 Å². The first-order valence-corrected chi connectivity index (χ1v) is 10.1. The second-order valence-electron chi connectivity index (χ2n) is 7.57. The highest BCUT2D eigenvalue weighted by atomic mass is 19.4. The van der Waals surface area contributed by atoms with Crippen LogP contribution in [-0.2, 0) is 6.18 Å². The standard InChI is InChI=1S/C22H20F3N5O4/c1-12-11-29(14-4-5-16(22(23,24)25)18(7-14)34-3)21(32)19-17(10-27-30(12)19)28-20(31)13-6-15(33-2)9-26-8-13/h4-10,12H,11H2,1-3H3,(H,28,31)/t12-/m0/s1. The van der Waals surface area contributed by atoms with Crippen molar-refractivity contribution < 1.29 is 32.2 Å². The van der Waals surface area contributed by atoms with Crippen LogP contribution in [0.5, 0.6) is 11.5 Å². The molecule has 0 bridgehead atoms. The van der Waals surface area contributed by atoms with E-state index in [4.69, 9.17) is 9.47 Å². The van der Waals surface area contributed by atoms with E-state index in [1.807, 2.05) is 0 Å². The third kappa shape index (κ3) is 4.14. The minimum atomic E-state index is -4.60. The van der Waals surface area contributed by atoms with Gasteiger partial charge in [0, 0.05) is 24.5 Å². The van der Waals surface area contributed by atoms with Crippen molar-refractivity contribution >= 4 is 23.2 Å². The van der Waals surface area contributed by atoms with Gasteiger partial charge in [0.15, 0.2) is 5.69 Å². The van der Waals surface area contributed by atoms with Crippen molar-refractivity contribution in [1.29, 1.82) is 0 Å². The molecule has 1 aliphatic heterocycles. The lowest BCUT2D eigenvalue weighted by molar-refractivity contribution is -0.138. The predicted molar refractivity (Wildman–Crippen MR) is 115 cm³/mol. The van der Waals surface area contributed by atoms with Gasteiger partial charge in [-0.1, -0.05) is 0 Å². The number of hydrogen-bond donors (Lipinski definition) is 1. The third-order valence-electron chi connectivity index (χ3n) is 5.37. The maximum Gasteiger partial charge on any atom is 0.419 e. The van der Waals surface area contributed by atoms with E-state index in [2.05, 4.69) is 15.4 Å². The van der Waals surface area contributed by atoms with Gasteiger partial charge < -0.3 is 19.7 Å². The molecule has 1 aliphatic rings. The number of carbonyl (C=O) groups is 2. The Hall–Kier alpha value is -4.09. The fraction of sp³-hybridized carbons (Fsp3) is 0.273. The molecule has 0 aliphatic carbocycles. The number of alkyl halides is 3. The summed E-state index contributed by atoms with van der Waals surface area (Å²) in [6.07, 6.45) is -0.459. The normalized spacial score (nSPS) is 15.6. The van der Waals surface area contributed by atoms with Crippen molar-refractivity contribution in [1.82, 2.24) is 14.8 Å². The number of nitrogens with one attached hydrogen (secondary N) is 1. The molecule has 9 nitrogen and oxygen atoms in total. The first-order chi connectivity index (χ1) is 16.1. The number of anilines is 2. The van der Waals surface area contributed by atoms with Gasteiger partial charge >= 0.3 is 6.18 Å². The van der Waals surface area contributed by atoms with E-state index in [9.17, 15) is 22.8 Å². The molecule has 1 N–H and O–H groups in total. The van der Waals surface area contributed by atoms with Gasteiger partial charge in [-0.25, -0.2) is 0 Å². The van der Waals surface area contributed by atoms with Crippen LogP contribution in [0.4, 0.5) is 24.5 Å². The number of benzene rings is 1. The highest BCUT2D eigenvalue weighted by Crippen LogP contribution is 2.39. The van der Waals surface area contributed by atoms with E-state index in [1.165, 1.54) is 53.5 Å². The molecule has 3 aromatic rings. The molecule has 2 aromatic heterocycles. The SMILES string of the molecule is COc1cncc(C(=O)Nc2cnn3c2C(=O)N(c2ccc(C(F)(F)F)c(OC)c2)C[C@@H]3C)c1. The second kappa shape index (κ2) is 8.69. The van der Waals surface area contributed by atoms with Gasteiger partial charge in [0.05, 0.1) is 49.5 Å². The Bertz CT molecular complexity index is 1260. The molecule has 12 heteroatoms. The van der Waals surface area contributed by atoms with Crippen molar-refractivity contribution in [3.8, 4) is 11.5 Å². The van der Waals surface area contributed by atoms with Crippen LogP contribution in [0.1, 0.15) is 39.4 Å². The summed E-state index contributed by atoms with van der Waals surface area (Å²) in [6.45, 7) is 1.96. The lowest BCUT2D eigenvalue weighted by Gasteiger charge is -2.32. The highest BCUT2D eigenvalue weighted by molar-refractivity contribution is 6.13. The third-order valence-corrected chi connectivity index (χ3v) is 5.37. The Balaban J connectivity index is 1.66. The van der Waals surface area contributed by atoms with E-state index in [0.29, 0.717) is 5.75 Å². The van der Waals surface area contributed by atoms with Crippen molar-refractivity contribution in [2.24, 2.45) is 0 Å². The average molecular weight is 475 g/mol. The van der Waals surface area contributed by atoms with Crippen LogP contribution in [0.2, 0.25) is 0 Å². The number of carbonyl (C=O) groups excluding carboxylic acids is 2. The summed E-state index contributed by atoms with van der Waals surface area (Å²) in [5, 5.41) is 6.87. The summed E-state index contributed by atoms with van der Waals surface area (Å²) in [5.41, 5.74) is -0.250. The molecule has 2 amide bonds. The molecule has 34 heavy (non-hydrogen) atoms. The molecule has 3 heterocycles. The molecule has 4 rings (SSSR count). The summed E-state index contributed by atoms with van der Waals surface area (Å²) >= 11 is 0. The van der Waals surface area contributed by atoms with Crippen LogP contribution in [-0.4, -0.2) is 47.3 Å². The van der Waals surface area contributed by atoms with Crippen LogP contribution in [0.3, 0.4) is 0 Å². The molecule has 0 saturated carbocycles. The number of nitrogens with zero attached hydrogens (tertiary/aromatic N) is 4. The Morgan fingerprint density at radius 1 is 1.15 bits per heavy atom. The van der Waals surface area contributed by atoms with E-state index in [-0.39, 0.29) is 35.2 Å². The lowest BCUT2D eigenvalue weighted by atomic mass is 10.1. The molecule has 0 fully saturated rings. The first-order valence-electron chi connectivity index (χ1n) is 10.1. The molecule has 0 spiro atoms. The average Bonchev–Trinajstić information content (AvgIpc) is 3.24. The maximum atomic E-state index is 13.4. The fourth-order valence-corrected chi connectivity index (χ4v) is 3.71. The number of rotatable bonds is 5. The molecule has 0 radical (unpaired) electrons. The van der Waals surface area contributed by atoms with E-state index < -0.39 is 29.3 Å². The lowest BCUT2D eigenvalue weighted by Crippen LogP contribution is -2.43. The van der Waals surface area contributed by atoms with E-state index >= 15 is 0 Å². The van der Waals surface area contributed by atoms with Crippen LogP contribution in [0.25, 0.3) is 0 Å². The van der Waals surface area contributed by atoms with Crippen LogP contribution in [0.15, 0.2) is 42.9 Å². The molecular weight excluding hydrogens is 455 g/mol. The number of halogens is 3. The van der Waals surface area contributed by atoms with Crippen molar-refractivity contribution in [3.63, 3.8) is 0 Å². The maximum absolute atomic E-state index is 13.4. The zero-order valence-corrected chi connectivity index (χ0v) is 18.4. The monoisotopic (exact) mass is 475 g/mol. The largest absolute Gasteiger partial charge is 0.496 e. The van der Waals surface area contributed by atoms with Crippen molar-refractivity contribution in [2.45, 2.75) is 19.1 Å². The number of aromatic nitrogens is 3. The Labute approximate surface area is 192 Å². The predicted octanol–water partition coefficient (Wildman–Crippen LogP) is 3.79. The topological polar surface area (TPSA) is 98.6 Å². The number of hydrogen-bond acceptors (Lipinski definition) is 6. The number of ether oxygens (including phenoxy) is 2. The minimum Gasteiger partial charge on any atom is -0.496 e. The number of fused-ring (bicyclic) bond motifs is 1. The Morgan fingerprint density at radius 3 is 2.59 bits per heavy atom. The van der Waals surface area contributed by atoms with E-state index in [1.54, 1.807) is 6.92 Å². The Morgan fingerprint density at radius 2 is 1.91 bits per heavy atom. The molecule has 178 valence electrons. The molecular formula is C22H20F3N5O4. The number of methoxy groups -OCH3 is 2. The fourth-order valence-electron chi connectivity index (χ4n) is 3.71. The van der Waals surface area contributed by atoms with Crippen molar-refractivity contribution in [3.05, 3.63) is 59.7 Å². The quantitative estimate of drug-likeness (QED) is 0.603. The first kappa shape index (κ1) is 23.1. The van der Waals surface area contributed by atoms with Crippen LogP contribution >= 0.6 is 0 Å². The second-order valence-corrected chi connectivity index (χ2v) is 7.57. The van der Waals surface area contributed by atoms with Crippen LogP contribution in [0, 0.1) is 0 Å². The minimum absolute atomic E-state index is 0.0989. The Kier molecular flexibility index (Phi) is 5.90. The molecule has 1 aromatic carbocycles. The number of amides is 2. The van der Waals surface area contributed by atoms with E-state index in [0.717, 1.165) is 13.2 Å². The van der Waals surface area contributed by atoms with Gasteiger partial charge in [0.25, 0.3) is 11.8 Å². The summed E-state index contributed by atoms with van der Waals surface area (Å²) < 4.78 is 51.2. The van der Waals surface area contributed by atoms with Gasteiger partial charge in [-0.3, -0.25) is 19.3 Å². The van der Waals surface area contributed by atoms with Gasteiger partial charge in [-0.2, -0.15) is 18.3 Å². The smallest absolute Gasteiger partial charge is 0.419 e. The molecule has 0 unspecified atom stereocenters. The summed E-state index contributed by atoms with van der Waals surface area (Å²) in [5.74, 6) is -1.08. The summed E-state index contributed by atoms with van der Waals surface area (Å²) in [6, 6.07) is 4.42. The number of pyridine rings is 1. The molecule has 1 atom stereocenters. The summed E-state index contributed by atoms with van der Waals surface area (Å²) in [7, 11) is 2.57. The van der Waals surface area contributed by atoms with Gasteiger partial charge in [0.1, 0.15) is 11.5 Å². The molecule has 0 saturated heterocycles. The zero-order valence-electron chi connectivity index (χ0n) is 18.4. The zero-order chi connectivity index (χ0) is 24.6. The highest BCUT2D eigenvalue weighted by Gasteiger charge is 2.37. The van der Waals surface area contributed by atoms with Gasteiger partial charge in [0.2, 0.25) is 0 Å².